The van der Waals surface area contributed by atoms with Gasteiger partial charge in [0.05, 0.1) is 6.54 Å². The predicted octanol–water partition coefficient (Wildman–Crippen LogP) is 1.76. The topological polar surface area (TPSA) is 47.1 Å². The van der Waals surface area contributed by atoms with Gasteiger partial charge in [-0.15, -0.1) is 0 Å². The minimum Gasteiger partial charge on any atom is -0.337 e. The predicted molar refractivity (Wildman–Crippen MR) is 74.1 cm³/mol. The molecule has 2 unspecified atom stereocenters. The van der Waals surface area contributed by atoms with Crippen molar-refractivity contribution in [1.82, 2.24) is 14.5 Å². The third-order valence-corrected chi connectivity index (χ3v) is 4.52. The number of imidazole rings is 1. The highest BCUT2D eigenvalue weighted by Crippen LogP contribution is 2.36. The Kier molecular flexibility index (Phi) is 3.78. The van der Waals surface area contributed by atoms with Gasteiger partial charge in [-0.05, 0) is 25.3 Å². The number of aryl methyl sites for hydroxylation is 1. The molecule has 4 heteroatoms. The molecule has 0 aliphatic heterocycles. The molecule has 0 bridgehead atoms. The first-order valence-corrected chi connectivity index (χ1v) is 6.84. The van der Waals surface area contributed by atoms with Crippen LogP contribution < -0.4 is 5.73 Å². The molecule has 0 radical (unpaired) electrons. The maximum Gasteiger partial charge on any atom is 0.122 e. The van der Waals surface area contributed by atoms with Gasteiger partial charge in [0.25, 0.3) is 0 Å². The molecule has 0 spiro atoms. The van der Waals surface area contributed by atoms with E-state index < -0.39 is 0 Å². The van der Waals surface area contributed by atoms with Crippen LogP contribution in [-0.4, -0.2) is 33.6 Å². The van der Waals surface area contributed by atoms with Crippen LogP contribution in [0.4, 0.5) is 0 Å². The Labute approximate surface area is 110 Å². The summed E-state index contributed by atoms with van der Waals surface area (Å²) >= 11 is 0. The largest absolute Gasteiger partial charge is 0.337 e. The molecule has 1 aromatic rings. The van der Waals surface area contributed by atoms with Gasteiger partial charge in [-0.3, -0.25) is 4.90 Å². The van der Waals surface area contributed by atoms with Gasteiger partial charge in [0.2, 0.25) is 0 Å². The summed E-state index contributed by atoms with van der Waals surface area (Å²) in [6.07, 6.45) is 7.56. The van der Waals surface area contributed by atoms with E-state index in [4.69, 9.17) is 5.73 Å². The van der Waals surface area contributed by atoms with Gasteiger partial charge < -0.3 is 10.3 Å². The second-order valence-electron chi connectivity index (χ2n) is 6.34. The Morgan fingerprint density at radius 1 is 1.56 bits per heavy atom. The molecule has 4 nitrogen and oxygen atoms in total. The fraction of sp³-hybridized carbons (Fsp3) is 0.786. The zero-order valence-electron chi connectivity index (χ0n) is 12.1. The van der Waals surface area contributed by atoms with E-state index in [1.165, 1.54) is 19.3 Å². The second-order valence-corrected chi connectivity index (χ2v) is 6.34. The maximum absolute atomic E-state index is 6.46. The van der Waals surface area contributed by atoms with Crippen LogP contribution >= 0.6 is 0 Å². The zero-order chi connectivity index (χ0) is 13.3. The number of rotatable bonds is 3. The molecule has 0 saturated heterocycles. The molecule has 1 aliphatic carbocycles. The van der Waals surface area contributed by atoms with Crippen LogP contribution in [-0.2, 0) is 13.6 Å². The standard InChI is InChI=1S/C14H26N4/c1-14(2)7-5-6-11(13(14)15)18(4)10-12-16-8-9-17(12)3/h8-9,11,13H,5-7,10,15H2,1-4H3. The summed E-state index contributed by atoms with van der Waals surface area (Å²) < 4.78 is 2.08. The molecule has 1 heterocycles. The highest BCUT2D eigenvalue weighted by Gasteiger charge is 2.38. The Bertz CT molecular complexity index is 396. The fourth-order valence-corrected chi connectivity index (χ4v) is 3.02. The lowest BCUT2D eigenvalue weighted by Crippen LogP contribution is -2.55. The zero-order valence-corrected chi connectivity index (χ0v) is 12.1. The summed E-state index contributed by atoms with van der Waals surface area (Å²) in [5.41, 5.74) is 6.70. The Morgan fingerprint density at radius 2 is 2.28 bits per heavy atom. The first kappa shape index (κ1) is 13.6. The summed E-state index contributed by atoms with van der Waals surface area (Å²) in [6.45, 7) is 5.45. The number of nitrogens with two attached hydrogens (primary N) is 1. The Balaban J connectivity index is 2.04. The van der Waals surface area contributed by atoms with Crippen LogP contribution in [0.5, 0.6) is 0 Å². The molecule has 0 aromatic carbocycles. The van der Waals surface area contributed by atoms with Crippen molar-refractivity contribution in [3.8, 4) is 0 Å². The molecule has 2 rings (SSSR count). The van der Waals surface area contributed by atoms with E-state index >= 15 is 0 Å². The van der Waals surface area contributed by atoms with Gasteiger partial charge in [-0.25, -0.2) is 4.98 Å². The van der Waals surface area contributed by atoms with Gasteiger partial charge >= 0.3 is 0 Å². The quantitative estimate of drug-likeness (QED) is 0.889. The first-order chi connectivity index (χ1) is 8.42. The minimum atomic E-state index is 0.247. The summed E-state index contributed by atoms with van der Waals surface area (Å²) in [4.78, 5) is 6.76. The third-order valence-electron chi connectivity index (χ3n) is 4.52. The molecule has 18 heavy (non-hydrogen) atoms. The Hall–Kier alpha value is -0.870. The van der Waals surface area contributed by atoms with E-state index in [1.807, 2.05) is 19.4 Å². The lowest BCUT2D eigenvalue weighted by atomic mass is 9.71. The van der Waals surface area contributed by atoms with E-state index in [9.17, 15) is 0 Å². The summed E-state index contributed by atoms with van der Waals surface area (Å²) in [5.74, 6) is 1.10. The number of hydrogen-bond donors (Lipinski definition) is 1. The average Bonchev–Trinajstić information content (AvgIpc) is 2.68. The van der Waals surface area contributed by atoms with Gasteiger partial charge in [0.1, 0.15) is 5.82 Å². The van der Waals surface area contributed by atoms with E-state index in [-0.39, 0.29) is 11.5 Å². The second kappa shape index (κ2) is 5.02. The lowest BCUT2D eigenvalue weighted by Gasteiger charge is -2.45. The molecule has 1 aromatic heterocycles. The third kappa shape index (κ3) is 2.59. The maximum atomic E-state index is 6.46. The highest BCUT2D eigenvalue weighted by atomic mass is 15.2. The van der Waals surface area contributed by atoms with E-state index in [0.29, 0.717) is 6.04 Å². The number of aromatic nitrogens is 2. The fourth-order valence-electron chi connectivity index (χ4n) is 3.02. The van der Waals surface area contributed by atoms with Crippen LogP contribution in [0.15, 0.2) is 12.4 Å². The normalized spacial score (nSPS) is 27.7. The van der Waals surface area contributed by atoms with Crippen molar-refractivity contribution in [3.63, 3.8) is 0 Å². The summed E-state index contributed by atoms with van der Waals surface area (Å²) in [7, 11) is 4.21. The van der Waals surface area contributed by atoms with Gasteiger partial charge in [-0.1, -0.05) is 20.3 Å². The van der Waals surface area contributed by atoms with Crippen LogP contribution in [0.3, 0.4) is 0 Å². The lowest BCUT2D eigenvalue weighted by molar-refractivity contribution is 0.0785. The molecule has 0 amide bonds. The van der Waals surface area contributed by atoms with Crippen LogP contribution in [0, 0.1) is 5.41 Å². The van der Waals surface area contributed by atoms with E-state index in [1.54, 1.807) is 0 Å². The van der Waals surface area contributed by atoms with Crippen molar-refractivity contribution in [2.45, 2.75) is 51.7 Å². The average molecular weight is 250 g/mol. The van der Waals surface area contributed by atoms with Crippen molar-refractivity contribution in [2.75, 3.05) is 7.05 Å². The van der Waals surface area contributed by atoms with Crippen molar-refractivity contribution in [2.24, 2.45) is 18.2 Å². The van der Waals surface area contributed by atoms with E-state index in [2.05, 4.69) is 35.3 Å². The van der Waals surface area contributed by atoms with Gasteiger partial charge in [-0.2, -0.15) is 0 Å². The van der Waals surface area contributed by atoms with Crippen molar-refractivity contribution in [1.29, 1.82) is 0 Å². The number of likely N-dealkylation sites (N-methyl/N-ethyl adjacent to an activating group) is 1. The number of nitrogens with zero attached hydrogens (tertiary/aromatic N) is 3. The van der Waals surface area contributed by atoms with Crippen molar-refractivity contribution >= 4 is 0 Å². The molecular weight excluding hydrogens is 224 g/mol. The van der Waals surface area contributed by atoms with Gasteiger partial charge in [0.15, 0.2) is 0 Å². The van der Waals surface area contributed by atoms with Crippen molar-refractivity contribution in [3.05, 3.63) is 18.2 Å². The van der Waals surface area contributed by atoms with Crippen molar-refractivity contribution < 1.29 is 0 Å². The Morgan fingerprint density at radius 3 is 2.89 bits per heavy atom. The van der Waals surface area contributed by atoms with Crippen LogP contribution in [0.1, 0.15) is 38.9 Å². The highest BCUT2D eigenvalue weighted by molar-refractivity contribution is 4.98. The molecule has 1 aliphatic rings. The first-order valence-electron chi connectivity index (χ1n) is 6.84. The molecule has 1 saturated carbocycles. The van der Waals surface area contributed by atoms with Crippen LogP contribution in [0.25, 0.3) is 0 Å². The number of hydrogen-bond acceptors (Lipinski definition) is 3. The minimum absolute atomic E-state index is 0.247. The van der Waals surface area contributed by atoms with E-state index in [0.717, 1.165) is 12.4 Å². The summed E-state index contributed by atoms with van der Waals surface area (Å²) in [5, 5.41) is 0. The van der Waals surface area contributed by atoms with Crippen LogP contribution in [0.2, 0.25) is 0 Å². The SMILES string of the molecule is CN(Cc1nccn1C)C1CCCC(C)(C)C1N. The molecule has 1 fully saturated rings. The van der Waals surface area contributed by atoms with Gasteiger partial charge in [0, 0.05) is 31.5 Å². The molecular formula is C14H26N4. The monoisotopic (exact) mass is 250 g/mol. The molecule has 2 atom stereocenters. The molecule has 102 valence electrons. The molecule has 2 N–H and O–H groups in total. The smallest absolute Gasteiger partial charge is 0.122 e. The summed E-state index contributed by atoms with van der Waals surface area (Å²) in [6, 6.07) is 0.710.